The van der Waals surface area contributed by atoms with Gasteiger partial charge in [0, 0.05) is 18.3 Å². The lowest BCUT2D eigenvalue weighted by atomic mass is 9.79. The zero-order valence-electron chi connectivity index (χ0n) is 20.3. The van der Waals surface area contributed by atoms with Gasteiger partial charge in [0.15, 0.2) is 0 Å². The van der Waals surface area contributed by atoms with Crippen molar-refractivity contribution in [1.82, 2.24) is 14.0 Å². The van der Waals surface area contributed by atoms with Crippen molar-refractivity contribution in [1.29, 1.82) is 0 Å². The van der Waals surface area contributed by atoms with Crippen LogP contribution in [0.3, 0.4) is 0 Å². The molecule has 2 aromatic carbocycles. The van der Waals surface area contributed by atoms with E-state index in [-0.39, 0.29) is 18.4 Å². The lowest BCUT2D eigenvalue weighted by Crippen LogP contribution is -2.52. The predicted octanol–water partition coefficient (Wildman–Crippen LogP) is 6.07. The highest BCUT2D eigenvalue weighted by atomic mass is 32.2. The summed E-state index contributed by atoms with van der Waals surface area (Å²) in [6, 6.07) is 10.8. The molecule has 1 spiro atoms. The highest BCUT2D eigenvalue weighted by Gasteiger charge is 2.60. The van der Waals surface area contributed by atoms with Crippen LogP contribution >= 0.6 is 11.3 Å². The van der Waals surface area contributed by atoms with E-state index in [1.165, 1.54) is 23.5 Å². The first kappa shape index (κ1) is 26.7. The van der Waals surface area contributed by atoms with Crippen LogP contribution in [-0.2, 0) is 29.2 Å². The number of halogens is 6. The Bertz CT molecular complexity index is 1520. The Kier molecular flexibility index (Phi) is 6.18. The van der Waals surface area contributed by atoms with E-state index in [2.05, 4.69) is 9.71 Å². The first-order valence-corrected chi connectivity index (χ1v) is 14.6. The third-order valence-electron chi connectivity index (χ3n) is 8.16. The molecule has 3 aromatic rings. The van der Waals surface area contributed by atoms with Crippen molar-refractivity contribution in [3.63, 3.8) is 0 Å². The second-order valence-corrected chi connectivity index (χ2v) is 13.2. The third kappa shape index (κ3) is 4.87. The number of thiazole rings is 1. The van der Waals surface area contributed by atoms with Gasteiger partial charge in [0.05, 0.1) is 16.0 Å². The molecule has 1 saturated carbocycles. The molecule has 5 nitrogen and oxygen atoms in total. The van der Waals surface area contributed by atoms with Crippen LogP contribution < -0.4 is 4.72 Å². The molecule has 208 valence electrons. The summed E-state index contributed by atoms with van der Waals surface area (Å²) < 4.78 is 107. The average Bonchev–Trinajstić information content (AvgIpc) is 3.48. The fourth-order valence-electron chi connectivity index (χ4n) is 6.34. The van der Waals surface area contributed by atoms with Gasteiger partial charge < -0.3 is 0 Å². The molecule has 3 aliphatic rings. The van der Waals surface area contributed by atoms with E-state index in [4.69, 9.17) is 0 Å². The molecule has 1 saturated heterocycles. The van der Waals surface area contributed by atoms with Gasteiger partial charge in [0.25, 0.3) is 10.2 Å². The number of benzene rings is 2. The van der Waals surface area contributed by atoms with Crippen molar-refractivity contribution in [2.24, 2.45) is 11.8 Å². The van der Waals surface area contributed by atoms with E-state index in [9.17, 15) is 34.8 Å². The van der Waals surface area contributed by atoms with Gasteiger partial charge in [-0.25, -0.2) is 4.98 Å². The summed E-state index contributed by atoms with van der Waals surface area (Å²) in [7, 11) is -4.25. The number of nitrogens with zero attached hydrogens (tertiary/aromatic N) is 2. The van der Waals surface area contributed by atoms with Crippen molar-refractivity contribution in [3.8, 4) is 21.0 Å². The van der Waals surface area contributed by atoms with E-state index in [0.29, 0.717) is 34.1 Å². The normalized spacial score (nSPS) is 26.6. The van der Waals surface area contributed by atoms with Gasteiger partial charge in [-0.05, 0) is 72.4 Å². The van der Waals surface area contributed by atoms with Crippen molar-refractivity contribution in [2.75, 3.05) is 13.1 Å². The molecular weight excluding hydrogens is 564 g/mol. The maximum Gasteiger partial charge on any atom is 0.416 e. The molecule has 2 aliphatic carbocycles. The molecule has 1 aliphatic heterocycles. The molecule has 3 atom stereocenters. The van der Waals surface area contributed by atoms with Gasteiger partial charge in [-0.1, -0.05) is 24.3 Å². The van der Waals surface area contributed by atoms with E-state index < -0.39 is 40.2 Å². The minimum Gasteiger partial charge on any atom is -0.244 e. The summed E-state index contributed by atoms with van der Waals surface area (Å²) in [6.07, 6.45) is -4.89. The number of fused-ring (bicyclic) bond motifs is 1. The minimum atomic E-state index is -4.63. The Morgan fingerprint density at radius 2 is 1.59 bits per heavy atom. The second-order valence-electron chi connectivity index (χ2n) is 10.5. The molecule has 2 fully saturated rings. The number of hydrogen-bond donors (Lipinski definition) is 1. The largest absolute Gasteiger partial charge is 0.416 e. The summed E-state index contributed by atoms with van der Waals surface area (Å²) in [5, 5.41) is 0.690. The molecule has 13 heteroatoms. The fourth-order valence-corrected chi connectivity index (χ4v) is 8.97. The van der Waals surface area contributed by atoms with Crippen molar-refractivity contribution >= 4 is 21.5 Å². The molecule has 6 rings (SSSR count). The SMILES string of the molecule is O=S1(=O)N[C@@]2(CN1CC(F)(F)F)[C@@H]1CC[C@H]2Cc2ccc(-c3ncc(-c4ccc(C(F)(F)F)cc4)s3)cc2C1. The quantitative estimate of drug-likeness (QED) is 0.379. The van der Waals surface area contributed by atoms with Crippen molar-refractivity contribution in [3.05, 3.63) is 65.4 Å². The van der Waals surface area contributed by atoms with Gasteiger partial charge in [-0.2, -0.15) is 43.8 Å². The van der Waals surface area contributed by atoms with Crippen LogP contribution in [0.5, 0.6) is 0 Å². The standard InChI is InChI=1S/C26H23F6N3O2S2/c27-25(28,29)14-35-13-24(34-39(35,36)37)20-7-8-21(24)11-18-9-17(2-1-16(18)10-20)23-33-12-22(38-23)15-3-5-19(6-4-15)26(30,31)32/h1-6,9,12,20-21,34H,7-8,10-11,13-14H2/t20-,21+,24+/m0/s1. The molecule has 2 heterocycles. The first-order chi connectivity index (χ1) is 18.2. The summed E-state index contributed by atoms with van der Waals surface area (Å²) >= 11 is 1.35. The molecule has 0 unspecified atom stereocenters. The van der Waals surface area contributed by atoms with E-state index in [1.54, 1.807) is 6.20 Å². The Labute approximate surface area is 225 Å². The molecule has 0 radical (unpaired) electrons. The summed E-state index contributed by atoms with van der Waals surface area (Å²) in [5.41, 5.74) is 1.84. The lowest BCUT2D eigenvalue weighted by molar-refractivity contribution is -0.138. The Balaban J connectivity index is 1.26. The van der Waals surface area contributed by atoms with Crippen LogP contribution in [0.15, 0.2) is 48.7 Å². The number of alkyl halides is 6. The highest BCUT2D eigenvalue weighted by Crippen LogP contribution is 2.51. The average molecular weight is 588 g/mol. The number of rotatable bonds is 3. The highest BCUT2D eigenvalue weighted by molar-refractivity contribution is 7.87. The topological polar surface area (TPSA) is 62.3 Å². The smallest absolute Gasteiger partial charge is 0.244 e. The van der Waals surface area contributed by atoms with Crippen LogP contribution in [0, 0.1) is 11.8 Å². The molecule has 39 heavy (non-hydrogen) atoms. The Hall–Kier alpha value is -2.48. The number of nitrogens with one attached hydrogen (secondary N) is 1. The molecule has 0 amide bonds. The number of aromatic nitrogens is 1. The van der Waals surface area contributed by atoms with E-state index in [1.807, 2.05) is 18.2 Å². The van der Waals surface area contributed by atoms with Crippen LogP contribution in [0.1, 0.15) is 29.5 Å². The van der Waals surface area contributed by atoms with Crippen molar-refractivity contribution < 1.29 is 34.8 Å². The van der Waals surface area contributed by atoms with Crippen LogP contribution in [0.2, 0.25) is 0 Å². The predicted molar refractivity (Wildman–Crippen MR) is 134 cm³/mol. The fraction of sp³-hybridized carbons (Fsp3) is 0.423. The van der Waals surface area contributed by atoms with Gasteiger partial charge in [-0.15, -0.1) is 11.3 Å². The summed E-state index contributed by atoms with van der Waals surface area (Å²) in [6.45, 7) is -1.71. The third-order valence-corrected chi connectivity index (χ3v) is 10.8. The van der Waals surface area contributed by atoms with Crippen LogP contribution in [0.4, 0.5) is 26.3 Å². The monoisotopic (exact) mass is 587 g/mol. The summed E-state index contributed by atoms with van der Waals surface area (Å²) in [5.74, 6) is -0.264. The maximum absolute atomic E-state index is 13.1. The second kappa shape index (κ2) is 9.02. The van der Waals surface area contributed by atoms with Gasteiger partial charge in [0.1, 0.15) is 11.6 Å². The number of hydrogen-bond acceptors (Lipinski definition) is 4. The van der Waals surface area contributed by atoms with Crippen molar-refractivity contribution in [2.45, 2.75) is 43.6 Å². The van der Waals surface area contributed by atoms with Crippen LogP contribution in [0.25, 0.3) is 21.0 Å². The zero-order chi connectivity index (χ0) is 27.8. The van der Waals surface area contributed by atoms with Crippen LogP contribution in [-0.4, -0.2) is 42.5 Å². The van der Waals surface area contributed by atoms with E-state index in [0.717, 1.165) is 40.1 Å². The lowest BCUT2D eigenvalue weighted by Gasteiger charge is -2.33. The van der Waals surface area contributed by atoms with E-state index >= 15 is 0 Å². The minimum absolute atomic E-state index is 0.117. The van der Waals surface area contributed by atoms with Gasteiger partial charge in [0.2, 0.25) is 0 Å². The Morgan fingerprint density at radius 1 is 0.949 bits per heavy atom. The molecule has 1 aromatic heterocycles. The molecular formula is C26H23F6N3O2S2. The maximum atomic E-state index is 13.1. The van der Waals surface area contributed by atoms with Gasteiger partial charge >= 0.3 is 12.4 Å². The Morgan fingerprint density at radius 3 is 2.23 bits per heavy atom. The summed E-state index contributed by atoms with van der Waals surface area (Å²) in [4.78, 5) is 5.20. The zero-order valence-corrected chi connectivity index (χ0v) is 21.9. The first-order valence-electron chi connectivity index (χ1n) is 12.3. The molecule has 2 bridgehead atoms. The molecule has 1 N–H and O–H groups in total. The van der Waals surface area contributed by atoms with Gasteiger partial charge in [-0.3, -0.25) is 0 Å².